The minimum absolute atomic E-state index is 0.930. The summed E-state index contributed by atoms with van der Waals surface area (Å²) in [5.74, 6) is 0.930. The van der Waals surface area contributed by atoms with Crippen LogP contribution in [0.4, 0.5) is 0 Å². The molecule has 0 N–H and O–H groups in total. The number of rotatable bonds is 5. The van der Waals surface area contributed by atoms with Crippen LogP contribution < -0.4 is 13.8 Å². The van der Waals surface area contributed by atoms with Crippen molar-refractivity contribution in [2.45, 2.75) is 0 Å². The van der Waals surface area contributed by atoms with E-state index in [1.807, 2.05) is 18.2 Å². The van der Waals surface area contributed by atoms with E-state index in [1.54, 1.807) is 0 Å². The quantitative estimate of drug-likeness (QED) is 0.428. The maximum atomic E-state index is 6.97. The molecule has 0 atom stereocenters. The second-order valence-electron chi connectivity index (χ2n) is 6.19. The first kappa shape index (κ1) is 16.9. The van der Waals surface area contributed by atoms with Crippen LogP contribution >= 0.6 is 0 Å². The predicted octanol–water partition coefficient (Wildman–Crippen LogP) is 3.73. The predicted molar refractivity (Wildman–Crippen MR) is 111 cm³/mol. The number of para-hydroxylation sites is 1. The molecule has 4 rings (SSSR count). The summed E-state index contributed by atoms with van der Waals surface area (Å²) < 4.78 is 10.9. The van der Waals surface area contributed by atoms with Gasteiger partial charge in [-0.05, 0) is 0 Å². The molecule has 0 aliphatic carbocycles. The first-order valence-corrected chi connectivity index (χ1v) is 14.2. The van der Waals surface area contributed by atoms with Gasteiger partial charge in [-0.15, -0.1) is 0 Å². The van der Waals surface area contributed by atoms with E-state index in [9.17, 15) is 0 Å². The molecule has 0 saturated carbocycles. The Labute approximate surface area is 159 Å². The van der Waals surface area contributed by atoms with Gasteiger partial charge < -0.3 is 0 Å². The summed E-state index contributed by atoms with van der Waals surface area (Å²) in [6, 6.07) is 42.4. The van der Waals surface area contributed by atoms with Crippen LogP contribution in [-0.2, 0) is 0 Å². The third-order valence-electron chi connectivity index (χ3n) is 4.56. The van der Waals surface area contributed by atoms with Crippen molar-refractivity contribution in [2.75, 3.05) is 0 Å². The Bertz CT molecular complexity index is 842. The van der Waals surface area contributed by atoms with Gasteiger partial charge in [0.1, 0.15) is 0 Å². The third kappa shape index (κ3) is 3.27. The maximum absolute atomic E-state index is 6.97. The van der Waals surface area contributed by atoms with Gasteiger partial charge in [-0.1, -0.05) is 0 Å². The van der Waals surface area contributed by atoms with Crippen LogP contribution in [0.1, 0.15) is 0 Å². The number of benzene rings is 4. The average molecular weight is 443 g/mol. The Morgan fingerprint density at radius 3 is 1.04 bits per heavy atom. The van der Waals surface area contributed by atoms with Crippen LogP contribution in [0, 0.1) is 0 Å². The molecule has 0 heterocycles. The molecule has 4 aromatic rings. The van der Waals surface area contributed by atoms with Crippen LogP contribution in [0.25, 0.3) is 0 Å². The molecule has 0 fully saturated rings. The summed E-state index contributed by atoms with van der Waals surface area (Å²) in [6.45, 7) is 0. The standard InChI is InChI=1S/C6H6O.3C6H5.Sn/c7-6-4-2-1-3-5-6;3*1-2-4-6-5-3-1;/h1-5,7H;3*1-5H;/q;;;;+1/p-1. The zero-order chi connectivity index (χ0) is 17.7. The van der Waals surface area contributed by atoms with Gasteiger partial charge in [0.15, 0.2) is 0 Å². The van der Waals surface area contributed by atoms with Gasteiger partial charge in [-0.25, -0.2) is 0 Å². The summed E-state index contributed by atoms with van der Waals surface area (Å²) in [7, 11) is 0. The van der Waals surface area contributed by atoms with Gasteiger partial charge in [-0.3, -0.25) is 0 Å². The molecule has 0 aliphatic heterocycles. The van der Waals surface area contributed by atoms with Gasteiger partial charge in [0.2, 0.25) is 0 Å². The van der Waals surface area contributed by atoms with Crippen LogP contribution in [0.15, 0.2) is 121 Å². The summed E-state index contributed by atoms with van der Waals surface area (Å²) in [5.41, 5.74) is 0. The molecular formula is C24H20OSn. The van der Waals surface area contributed by atoms with Crippen LogP contribution in [-0.4, -0.2) is 18.8 Å². The minimum atomic E-state index is -3.66. The second-order valence-corrected chi connectivity index (χ2v) is 15.6. The van der Waals surface area contributed by atoms with Crippen LogP contribution in [0.5, 0.6) is 5.75 Å². The van der Waals surface area contributed by atoms with Crippen molar-refractivity contribution in [3.63, 3.8) is 0 Å². The van der Waals surface area contributed by atoms with E-state index in [1.165, 1.54) is 10.7 Å². The summed E-state index contributed by atoms with van der Waals surface area (Å²) >= 11 is -3.66. The third-order valence-corrected chi connectivity index (χ3v) is 15.9. The first-order valence-electron chi connectivity index (χ1n) is 8.80. The molecule has 2 heteroatoms. The topological polar surface area (TPSA) is 9.23 Å². The molecule has 0 unspecified atom stereocenters. The molecule has 0 bridgehead atoms. The Morgan fingerprint density at radius 2 is 0.692 bits per heavy atom. The van der Waals surface area contributed by atoms with Gasteiger partial charge in [0.25, 0.3) is 0 Å². The molecule has 0 aromatic heterocycles. The fraction of sp³-hybridized carbons (Fsp3) is 0. The Morgan fingerprint density at radius 1 is 0.385 bits per heavy atom. The molecule has 0 radical (unpaired) electrons. The van der Waals surface area contributed by atoms with E-state index >= 15 is 0 Å². The fourth-order valence-electron chi connectivity index (χ4n) is 3.36. The molecule has 26 heavy (non-hydrogen) atoms. The number of hydrogen-bond acceptors (Lipinski definition) is 1. The SMILES string of the molecule is c1ccc([O][Sn]([c]2ccccc2)([c]2ccccc2)[c]2ccccc2)cc1. The van der Waals surface area contributed by atoms with Crippen molar-refractivity contribution in [3.8, 4) is 5.75 Å². The second kappa shape index (κ2) is 7.79. The molecule has 126 valence electrons. The van der Waals surface area contributed by atoms with Crippen LogP contribution in [0.2, 0.25) is 0 Å². The zero-order valence-corrected chi connectivity index (χ0v) is 17.3. The van der Waals surface area contributed by atoms with Crippen molar-refractivity contribution in [3.05, 3.63) is 121 Å². The van der Waals surface area contributed by atoms with Crippen LogP contribution in [0.3, 0.4) is 0 Å². The Hall–Kier alpha value is -2.52. The van der Waals surface area contributed by atoms with Gasteiger partial charge in [0, 0.05) is 0 Å². The van der Waals surface area contributed by atoms with E-state index in [4.69, 9.17) is 3.07 Å². The summed E-state index contributed by atoms with van der Waals surface area (Å²) in [6.07, 6.45) is 0. The van der Waals surface area contributed by atoms with Crippen molar-refractivity contribution in [1.82, 2.24) is 0 Å². The van der Waals surface area contributed by atoms with Gasteiger partial charge in [-0.2, -0.15) is 0 Å². The number of hydrogen-bond donors (Lipinski definition) is 0. The van der Waals surface area contributed by atoms with Gasteiger partial charge >= 0.3 is 160 Å². The summed E-state index contributed by atoms with van der Waals surface area (Å²) in [4.78, 5) is 0. The summed E-state index contributed by atoms with van der Waals surface area (Å²) in [5, 5.41) is 0. The molecule has 0 amide bonds. The van der Waals surface area contributed by atoms with Gasteiger partial charge in [0.05, 0.1) is 0 Å². The molecule has 4 aromatic carbocycles. The molecule has 0 saturated heterocycles. The fourth-order valence-corrected chi connectivity index (χ4v) is 14.3. The van der Waals surface area contributed by atoms with Crippen molar-refractivity contribution >= 4 is 29.5 Å². The molecule has 0 aliphatic rings. The van der Waals surface area contributed by atoms with Crippen molar-refractivity contribution < 1.29 is 3.07 Å². The first-order chi connectivity index (χ1) is 12.9. The van der Waals surface area contributed by atoms with E-state index in [0.29, 0.717) is 0 Å². The normalized spacial score (nSPS) is 11.1. The average Bonchev–Trinajstić information content (AvgIpc) is 2.75. The van der Waals surface area contributed by atoms with E-state index < -0.39 is 18.8 Å². The van der Waals surface area contributed by atoms with Crippen molar-refractivity contribution in [1.29, 1.82) is 0 Å². The zero-order valence-electron chi connectivity index (χ0n) is 14.5. The Kier molecular flexibility index (Phi) is 5.07. The molecule has 0 spiro atoms. The molecule has 1 nitrogen and oxygen atoms in total. The van der Waals surface area contributed by atoms with E-state index in [2.05, 4.69) is 103 Å². The van der Waals surface area contributed by atoms with Crippen molar-refractivity contribution in [2.24, 2.45) is 0 Å². The molecular weight excluding hydrogens is 423 g/mol. The Balaban J connectivity index is 2.00. The monoisotopic (exact) mass is 444 g/mol. The van der Waals surface area contributed by atoms with E-state index in [0.717, 1.165) is 5.75 Å². The van der Waals surface area contributed by atoms with E-state index in [-0.39, 0.29) is 0 Å².